The van der Waals surface area contributed by atoms with Crippen molar-refractivity contribution in [2.45, 2.75) is 13.2 Å². The quantitative estimate of drug-likeness (QED) is 0.781. The zero-order valence-corrected chi connectivity index (χ0v) is 11.0. The Morgan fingerprint density at radius 2 is 1.94 bits per heavy atom. The Balaban J connectivity index is 1.69. The normalized spacial score (nSPS) is 10.5. The molecule has 1 heterocycles. The van der Waals surface area contributed by atoms with Crippen molar-refractivity contribution in [1.82, 2.24) is 0 Å². The van der Waals surface area contributed by atoms with Crippen molar-refractivity contribution < 1.29 is 9.47 Å². The minimum atomic E-state index is 0.492. The molecule has 0 spiro atoms. The van der Waals surface area contributed by atoms with Gasteiger partial charge in [-0.2, -0.15) is 0 Å². The van der Waals surface area contributed by atoms with Crippen molar-refractivity contribution in [2.75, 3.05) is 13.2 Å². The maximum atomic E-state index is 5.65. The number of rotatable bonds is 7. The highest BCUT2D eigenvalue weighted by Gasteiger charge is 2.00. The minimum Gasteiger partial charge on any atom is -0.491 e. The molecule has 0 atom stereocenters. The van der Waals surface area contributed by atoms with Gasteiger partial charge in [-0.3, -0.25) is 0 Å². The van der Waals surface area contributed by atoms with Crippen LogP contribution in [0.25, 0.3) is 0 Å². The summed E-state index contributed by atoms with van der Waals surface area (Å²) in [6.45, 7) is 2.27. The van der Waals surface area contributed by atoms with E-state index in [1.54, 1.807) is 11.3 Å². The van der Waals surface area contributed by atoms with Crippen LogP contribution in [-0.4, -0.2) is 13.2 Å². The number of para-hydroxylation sites is 1. The van der Waals surface area contributed by atoms with E-state index >= 15 is 0 Å². The first-order valence-electron chi connectivity index (χ1n) is 5.91. The number of nitrogens with two attached hydrogens (primary N) is 1. The molecule has 2 rings (SSSR count). The molecule has 2 aromatic rings. The predicted molar refractivity (Wildman–Crippen MR) is 73.8 cm³/mol. The monoisotopic (exact) mass is 263 g/mol. The van der Waals surface area contributed by atoms with Crippen LogP contribution < -0.4 is 10.5 Å². The number of ether oxygens (including phenoxy) is 2. The zero-order chi connectivity index (χ0) is 12.6. The Morgan fingerprint density at radius 1 is 1.06 bits per heavy atom. The van der Waals surface area contributed by atoms with Crippen LogP contribution >= 0.6 is 11.3 Å². The van der Waals surface area contributed by atoms with Gasteiger partial charge in [0.15, 0.2) is 0 Å². The van der Waals surface area contributed by atoms with Crippen LogP contribution in [0.5, 0.6) is 5.75 Å². The molecule has 3 nitrogen and oxygen atoms in total. The SMILES string of the molecule is NCc1ccccc1OCCOCc1cccs1. The molecule has 0 bridgehead atoms. The van der Waals surface area contributed by atoms with Crippen LogP contribution in [0.3, 0.4) is 0 Å². The first-order valence-corrected chi connectivity index (χ1v) is 6.79. The smallest absolute Gasteiger partial charge is 0.123 e. The molecule has 0 fully saturated rings. The average Bonchev–Trinajstić information content (AvgIpc) is 2.92. The van der Waals surface area contributed by atoms with E-state index in [-0.39, 0.29) is 0 Å². The van der Waals surface area contributed by atoms with Gasteiger partial charge in [-0.05, 0) is 17.5 Å². The van der Waals surface area contributed by atoms with Crippen molar-refractivity contribution in [3.8, 4) is 5.75 Å². The lowest BCUT2D eigenvalue weighted by molar-refractivity contribution is 0.0902. The predicted octanol–water partition coefficient (Wildman–Crippen LogP) is 2.80. The number of hydrogen-bond donors (Lipinski definition) is 1. The number of hydrogen-bond acceptors (Lipinski definition) is 4. The van der Waals surface area contributed by atoms with E-state index in [1.807, 2.05) is 35.7 Å². The highest BCUT2D eigenvalue weighted by molar-refractivity contribution is 7.09. The van der Waals surface area contributed by atoms with Gasteiger partial charge in [0.2, 0.25) is 0 Å². The summed E-state index contributed by atoms with van der Waals surface area (Å²) in [5.41, 5.74) is 6.66. The van der Waals surface area contributed by atoms with Crippen molar-refractivity contribution in [2.24, 2.45) is 5.73 Å². The van der Waals surface area contributed by atoms with Gasteiger partial charge in [0, 0.05) is 17.0 Å². The third-order valence-electron chi connectivity index (χ3n) is 2.50. The van der Waals surface area contributed by atoms with Crippen LogP contribution in [0.1, 0.15) is 10.4 Å². The fourth-order valence-corrected chi connectivity index (χ4v) is 2.23. The molecule has 2 N–H and O–H groups in total. The standard InChI is InChI=1S/C14H17NO2S/c15-10-12-4-1-2-6-14(12)17-8-7-16-11-13-5-3-9-18-13/h1-6,9H,7-8,10-11,15H2. The van der Waals surface area contributed by atoms with E-state index in [0.29, 0.717) is 26.4 Å². The Kier molecular flexibility index (Phi) is 5.20. The Hall–Kier alpha value is -1.36. The fourth-order valence-electron chi connectivity index (χ4n) is 1.59. The van der Waals surface area contributed by atoms with Crippen LogP contribution in [0.15, 0.2) is 41.8 Å². The molecular weight excluding hydrogens is 246 g/mol. The molecule has 4 heteroatoms. The van der Waals surface area contributed by atoms with Gasteiger partial charge in [0.05, 0.1) is 13.2 Å². The zero-order valence-electron chi connectivity index (χ0n) is 10.2. The van der Waals surface area contributed by atoms with E-state index in [2.05, 4.69) is 6.07 Å². The summed E-state index contributed by atoms with van der Waals surface area (Å²) in [5, 5.41) is 2.05. The van der Waals surface area contributed by atoms with Gasteiger partial charge in [0.25, 0.3) is 0 Å². The van der Waals surface area contributed by atoms with Crippen LogP contribution in [0.4, 0.5) is 0 Å². The second-order valence-corrected chi connectivity index (χ2v) is 4.82. The Bertz CT molecular complexity index is 457. The molecule has 96 valence electrons. The summed E-state index contributed by atoms with van der Waals surface area (Å²) in [6.07, 6.45) is 0. The van der Waals surface area contributed by atoms with Crippen LogP contribution in [-0.2, 0) is 17.9 Å². The fraction of sp³-hybridized carbons (Fsp3) is 0.286. The van der Waals surface area contributed by atoms with Crippen LogP contribution in [0, 0.1) is 0 Å². The summed E-state index contributed by atoms with van der Waals surface area (Å²) in [7, 11) is 0. The summed E-state index contributed by atoms with van der Waals surface area (Å²) in [4.78, 5) is 1.23. The highest BCUT2D eigenvalue weighted by atomic mass is 32.1. The van der Waals surface area contributed by atoms with Crippen molar-refractivity contribution in [3.63, 3.8) is 0 Å². The summed E-state index contributed by atoms with van der Waals surface area (Å²) < 4.78 is 11.2. The van der Waals surface area contributed by atoms with E-state index < -0.39 is 0 Å². The number of thiophene rings is 1. The average molecular weight is 263 g/mol. The lowest BCUT2D eigenvalue weighted by Gasteiger charge is -2.10. The van der Waals surface area contributed by atoms with E-state index in [4.69, 9.17) is 15.2 Å². The summed E-state index contributed by atoms with van der Waals surface area (Å²) in [5.74, 6) is 0.847. The van der Waals surface area contributed by atoms with E-state index in [0.717, 1.165) is 11.3 Å². The van der Waals surface area contributed by atoms with Gasteiger partial charge >= 0.3 is 0 Å². The third kappa shape index (κ3) is 3.84. The minimum absolute atomic E-state index is 0.492. The first-order chi connectivity index (χ1) is 8.90. The van der Waals surface area contributed by atoms with Crippen LogP contribution in [0.2, 0.25) is 0 Å². The molecule has 1 aromatic carbocycles. The Morgan fingerprint density at radius 3 is 2.72 bits per heavy atom. The first kappa shape index (κ1) is 13.1. The topological polar surface area (TPSA) is 44.5 Å². The van der Waals surface area contributed by atoms with Gasteiger partial charge in [0.1, 0.15) is 12.4 Å². The third-order valence-corrected chi connectivity index (χ3v) is 3.35. The summed E-state index contributed by atoms with van der Waals surface area (Å²) in [6, 6.07) is 11.9. The molecule has 18 heavy (non-hydrogen) atoms. The molecule has 0 aliphatic rings. The molecule has 0 saturated heterocycles. The molecule has 0 amide bonds. The second kappa shape index (κ2) is 7.16. The molecular formula is C14H17NO2S. The maximum absolute atomic E-state index is 5.65. The van der Waals surface area contributed by atoms with E-state index in [1.165, 1.54) is 4.88 Å². The molecule has 0 unspecified atom stereocenters. The van der Waals surface area contributed by atoms with Gasteiger partial charge in [-0.1, -0.05) is 24.3 Å². The molecule has 0 saturated carbocycles. The molecule has 0 aliphatic heterocycles. The second-order valence-electron chi connectivity index (χ2n) is 3.79. The van der Waals surface area contributed by atoms with Crippen molar-refractivity contribution in [1.29, 1.82) is 0 Å². The number of benzene rings is 1. The Labute approximate surface area is 111 Å². The lowest BCUT2D eigenvalue weighted by atomic mass is 10.2. The summed E-state index contributed by atoms with van der Waals surface area (Å²) >= 11 is 1.70. The van der Waals surface area contributed by atoms with E-state index in [9.17, 15) is 0 Å². The highest BCUT2D eigenvalue weighted by Crippen LogP contribution is 2.16. The lowest BCUT2D eigenvalue weighted by Crippen LogP contribution is -2.08. The van der Waals surface area contributed by atoms with Crippen molar-refractivity contribution >= 4 is 11.3 Å². The van der Waals surface area contributed by atoms with Crippen molar-refractivity contribution in [3.05, 3.63) is 52.2 Å². The van der Waals surface area contributed by atoms with Gasteiger partial charge in [-0.25, -0.2) is 0 Å². The van der Waals surface area contributed by atoms with Gasteiger partial charge < -0.3 is 15.2 Å². The molecule has 1 aromatic heterocycles. The molecule has 0 radical (unpaired) electrons. The molecule has 0 aliphatic carbocycles. The maximum Gasteiger partial charge on any atom is 0.123 e. The largest absolute Gasteiger partial charge is 0.491 e. The van der Waals surface area contributed by atoms with Gasteiger partial charge in [-0.15, -0.1) is 11.3 Å².